The average molecular weight is 376 g/mol. The molecular formula is C21H20N4O3. The number of carbonyl (C=O) groups is 2. The van der Waals surface area contributed by atoms with E-state index in [0.29, 0.717) is 13.1 Å². The van der Waals surface area contributed by atoms with Crippen LogP contribution in [0, 0.1) is 0 Å². The number of carbonyl (C=O) groups excluding carboxylic acids is 1. The van der Waals surface area contributed by atoms with Crippen LogP contribution in [0.25, 0.3) is 11.3 Å². The SMILES string of the molecule is NCC(C(=O)N1Cc2[nH]nc(-c3ccc(C(=O)O)cc3)c2C1)c1ccccc1. The van der Waals surface area contributed by atoms with Crippen molar-refractivity contribution in [2.24, 2.45) is 5.73 Å². The highest BCUT2D eigenvalue weighted by Gasteiger charge is 2.32. The zero-order valence-corrected chi connectivity index (χ0v) is 15.1. The molecule has 1 aliphatic rings. The second-order valence-electron chi connectivity index (χ2n) is 6.81. The molecule has 3 aromatic rings. The van der Waals surface area contributed by atoms with Crippen LogP contribution in [-0.4, -0.2) is 38.6 Å². The second kappa shape index (κ2) is 7.28. The molecule has 28 heavy (non-hydrogen) atoms. The Labute approximate surface area is 161 Å². The molecule has 4 rings (SSSR count). The minimum atomic E-state index is -0.968. The molecule has 0 spiro atoms. The molecule has 1 aromatic heterocycles. The van der Waals surface area contributed by atoms with E-state index in [1.54, 1.807) is 29.2 Å². The first-order chi connectivity index (χ1) is 13.6. The van der Waals surface area contributed by atoms with Crippen molar-refractivity contribution in [2.75, 3.05) is 6.54 Å². The highest BCUT2D eigenvalue weighted by atomic mass is 16.4. The number of hydrogen-bond acceptors (Lipinski definition) is 4. The van der Waals surface area contributed by atoms with E-state index in [4.69, 9.17) is 10.8 Å². The molecule has 0 radical (unpaired) electrons. The van der Waals surface area contributed by atoms with E-state index >= 15 is 0 Å². The molecule has 1 atom stereocenters. The van der Waals surface area contributed by atoms with Crippen LogP contribution in [0.3, 0.4) is 0 Å². The molecule has 4 N–H and O–H groups in total. The summed E-state index contributed by atoms with van der Waals surface area (Å²) in [6.07, 6.45) is 0. The molecule has 1 unspecified atom stereocenters. The predicted octanol–water partition coefficient (Wildman–Crippen LogP) is 2.36. The predicted molar refractivity (Wildman–Crippen MR) is 103 cm³/mol. The third-order valence-corrected chi connectivity index (χ3v) is 5.10. The van der Waals surface area contributed by atoms with Crippen LogP contribution in [0.2, 0.25) is 0 Å². The Balaban J connectivity index is 1.56. The van der Waals surface area contributed by atoms with Gasteiger partial charge in [-0.15, -0.1) is 0 Å². The number of carboxylic acids is 1. The highest BCUT2D eigenvalue weighted by molar-refractivity contribution is 5.88. The standard InChI is InChI=1S/C21H20N4O3/c22-10-16(13-4-2-1-3-5-13)20(26)25-11-17-18(12-25)23-24-19(17)14-6-8-15(9-7-14)21(27)28/h1-9,16H,10-12,22H2,(H,23,24)(H,27,28). The fourth-order valence-electron chi connectivity index (χ4n) is 3.59. The number of rotatable bonds is 5. The van der Waals surface area contributed by atoms with Crippen LogP contribution in [0.5, 0.6) is 0 Å². The number of nitrogens with two attached hydrogens (primary N) is 1. The molecule has 7 nitrogen and oxygen atoms in total. The van der Waals surface area contributed by atoms with Gasteiger partial charge < -0.3 is 15.7 Å². The Kier molecular flexibility index (Phi) is 4.67. The lowest BCUT2D eigenvalue weighted by atomic mass is 9.98. The number of benzene rings is 2. The largest absolute Gasteiger partial charge is 0.478 e. The van der Waals surface area contributed by atoms with Crippen molar-refractivity contribution < 1.29 is 14.7 Å². The van der Waals surface area contributed by atoms with Crippen LogP contribution in [0.15, 0.2) is 54.6 Å². The minimum absolute atomic E-state index is 0.00882. The average Bonchev–Trinajstić information content (AvgIpc) is 3.30. The van der Waals surface area contributed by atoms with Gasteiger partial charge in [0.25, 0.3) is 0 Å². The number of fused-ring (bicyclic) bond motifs is 1. The zero-order valence-electron chi connectivity index (χ0n) is 15.1. The number of nitrogens with zero attached hydrogens (tertiary/aromatic N) is 2. The van der Waals surface area contributed by atoms with Crippen LogP contribution in [0.4, 0.5) is 0 Å². The quantitative estimate of drug-likeness (QED) is 0.633. The first-order valence-corrected chi connectivity index (χ1v) is 9.02. The summed E-state index contributed by atoms with van der Waals surface area (Å²) >= 11 is 0. The molecule has 2 heterocycles. The molecule has 142 valence electrons. The van der Waals surface area contributed by atoms with Crippen molar-refractivity contribution in [3.8, 4) is 11.3 Å². The highest BCUT2D eigenvalue weighted by Crippen LogP contribution is 2.32. The Morgan fingerprint density at radius 1 is 1.11 bits per heavy atom. The van der Waals surface area contributed by atoms with Crippen LogP contribution in [-0.2, 0) is 17.9 Å². The number of aromatic amines is 1. The number of aromatic carboxylic acids is 1. The molecule has 0 bridgehead atoms. The molecule has 1 aliphatic heterocycles. The van der Waals surface area contributed by atoms with Crippen LogP contribution in [0.1, 0.15) is 33.1 Å². The van der Waals surface area contributed by atoms with Crippen molar-refractivity contribution >= 4 is 11.9 Å². The Morgan fingerprint density at radius 3 is 2.46 bits per heavy atom. The van der Waals surface area contributed by atoms with Gasteiger partial charge in [-0.25, -0.2) is 4.79 Å². The Hall–Kier alpha value is -3.45. The number of hydrogen-bond donors (Lipinski definition) is 3. The summed E-state index contributed by atoms with van der Waals surface area (Å²) in [6, 6.07) is 16.1. The molecule has 1 amide bonds. The van der Waals surface area contributed by atoms with Crippen molar-refractivity contribution in [1.82, 2.24) is 15.1 Å². The third-order valence-electron chi connectivity index (χ3n) is 5.10. The molecule has 2 aromatic carbocycles. The lowest BCUT2D eigenvalue weighted by Crippen LogP contribution is -2.34. The van der Waals surface area contributed by atoms with Gasteiger partial charge in [0.2, 0.25) is 5.91 Å². The summed E-state index contributed by atoms with van der Waals surface area (Å²) in [7, 11) is 0. The molecule has 0 saturated heterocycles. The maximum absolute atomic E-state index is 13.1. The van der Waals surface area contributed by atoms with Gasteiger partial charge in [0, 0.05) is 17.7 Å². The van der Waals surface area contributed by atoms with E-state index < -0.39 is 5.97 Å². The monoisotopic (exact) mass is 376 g/mol. The van der Waals surface area contributed by atoms with Gasteiger partial charge >= 0.3 is 5.97 Å². The summed E-state index contributed by atoms with van der Waals surface area (Å²) in [5.41, 5.74) is 10.4. The van der Waals surface area contributed by atoms with E-state index in [0.717, 1.165) is 28.1 Å². The molecule has 0 fully saturated rings. The van der Waals surface area contributed by atoms with E-state index in [1.165, 1.54) is 0 Å². The minimum Gasteiger partial charge on any atom is -0.478 e. The van der Waals surface area contributed by atoms with Gasteiger partial charge in [0.05, 0.1) is 36.0 Å². The Morgan fingerprint density at radius 2 is 1.82 bits per heavy atom. The third kappa shape index (κ3) is 3.16. The Bertz CT molecular complexity index is 1010. The molecular weight excluding hydrogens is 356 g/mol. The molecule has 0 saturated carbocycles. The maximum atomic E-state index is 13.1. The summed E-state index contributed by atoms with van der Waals surface area (Å²) in [4.78, 5) is 25.9. The van der Waals surface area contributed by atoms with Crippen molar-refractivity contribution in [1.29, 1.82) is 0 Å². The second-order valence-corrected chi connectivity index (χ2v) is 6.81. The number of aromatic nitrogens is 2. The number of carboxylic acid groups (broad SMARTS) is 1. The van der Waals surface area contributed by atoms with E-state index in [1.807, 2.05) is 30.3 Å². The van der Waals surface area contributed by atoms with Gasteiger partial charge in [-0.2, -0.15) is 5.10 Å². The zero-order chi connectivity index (χ0) is 19.7. The van der Waals surface area contributed by atoms with Crippen molar-refractivity contribution in [3.05, 3.63) is 77.0 Å². The fraction of sp³-hybridized carbons (Fsp3) is 0.190. The summed E-state index contributed by atoms with van der Waals surface area (Å²) < 4.78 is 0. The van der Waals surface area contributed by atoms with Crippen LogP contribution >= 0.6 is 0 Å². The summed E-state index contributed by atoms with van der Waals surface area (Å²) in [5, 5.41) is 16.4. The van der Waals surface area contributed by atoms with Gasteiger partial charge in [0.15, 0.2) is 0 Å². The van der Waals surface area contributed by atoms with E-state index in [-0.39, 0.29) is 23.9 Å². The number of amides is 1. The summed E-state index contributed by atoms with van der Waals surface area (Å²) in [5.74, 6) is -1.36. The summed E-state index contributed by atoms with van der Waals surface area (Å²) in [6.45, 7) is 1.15. The lowest BCUT2D eigenvalue weighted by Gasteiger charge is -2.22. The van der Waals surface area contributed by atoms with E-state index in [2.05, 4.69) is 10.2 Å². The number of H-pyrrole nitrogens is 1. The van der Waals surface area contributed by atoms with Gasteiger partial charge in [-0.3, -0.25) is 9.89 Å². The van der Waals surface area contributed by atoms with Crippen LogP contribution < -0.4 is 5.73 Å². The topological polar surface area (TPSA) is 112 Å². The lowest BCUT2D eigenvalue weighted by molar-refractivity contribution is -0.133. The fourth-order valence-corrected chi connectivity index (χ4v) is 3.59. The first-order valence-electron chi connectivity index (χ1n) is 9.02. The normalized spacial score (nSPS) is 14.0. The molecule has 0 aliphatic carbocycles. The number of nitrogens with one attached hydrogen (secondary N) is 1. The van der Waals surface area contributed by atoms with Gasteiger partial charge in [-0.1, -0.05) is 42.5 Å². The maximum Gasteiger partial charge on any atom is 0.335 e. The smallest absolute Gasteiger partial charge is 0.335 e. The first kappa shape index (κ1) is 17.9. The van der Waals surface area contributed by atoms with Crippen molar-refractivity contribution in [3.63, 3.8) is 0 Å². The molecule has 7 heteroatoms. The van der Waals surface area contributed by atoms with Crippen molar-refractivity contribution in [2.45, 2.75) is 19.0 Å². The van der Waals surface area contributed by atoms with E-state index in [9.17, 15) is 9.59 Å². The van der Waals surface area contributed by atoms with Gasteiger partial charge in [-0.05, 0) is 17.7 Å². The van der Waals surface area contributed by atoms with Gasteiger partial charge in [0.1, 0.15) is 0 Å².